The van der Waals surface area contributed by atoms with E-state index in [1.807, 2.05) is 6.92 Å². The van der Waals surface area contributed by atoms with Crippen molar-refractivity contribution in [2.75, 3.05) is 59.0 Å². The van der Waals surface area contributed by atoms with Crippen LogP contribution in [0.1, 0.15) is 6.92 Å². The Labute approximate surface area is 119 Å². The van der Waals surface area contributed by atoms with Crippen molar-refractivity contribution in [2.45, 2.75) is 6.92 Å². The molecule has 0 aromatic rings. The number of amides is 2. The first kappa shape index (κ1) is 15.0. The summed E-state index contributed by atoms with van der Waals surface area (Å²) >= 11 is 0. The fourth-order valence-corrected chi connectivity index (χ4v) is 2.53. The molecule has 0 spiro atoms. The maximum Gasteiger partial charge on any atom is 0.312 e. The second-order valence-electron chi connectivity index (χ2n) is 5.43. The van der Waals surface area contributed by atoms with E-state index in [-0.39, 0.29) is 11.8 Å². The van der Waals surface area contributed by atoms with Crippen LogP contribution in [0.25, 0.3) is 0 Å². The smallest absolute Gasteiger partial charge is 0.312 e. The van der Waals surface area contributed by atoms with Gasteiger partial charge in [-0.2, -0.15) is 0 Å². The van der Waals surface area contributed by atoms with Crippen LogP contribution in [0.5, 0.6) is 0 Å². The molecule has 0 radical (unpaired) electrons. The second kappa shape index (κ2) is 6.85. The molecule has 112 valence electrons. The van der Waals surface area contributed by atoms with Gasteiger partial charge in [0.05, 0.1) is 13.2 Å². The van der Waals surface area contributed by atoms with E-state index in [9.17, 15) is 9.59 Å². The Kier molecular flexibility index (Phi) is 5.14. The molecule has 2 aliphatic heterocycles. The number of piperazine rings is 1. The molecular weight excluding hydrogens is 258 g/mol. The standard InChI is InChI=1S/C14H23N3O3/c1-12(2)11-15-3-5-16(6-4-15)13(18)14(19)17-7-9-20-10-8-17/h1,3-11H2,2H3. The highest BCUT2D eigenvalue weighted by Gasteiger charge is 2.30. The van der Waals surface area contributed by atoms with E-state index < -0.39 is 0 Å². The third-order valence-corrected chi connectivity index (χ3v) is 3.63. The van der Waals surface area contributed by atoms with Gasteiger partial charge in [0.2, 0.25) is 0 Å². The molecule has 2 aliphatic rings. The quantitative estimate of drug-likeness (QED) is 0.509. The number of rotatable bonds is 2. The second-order valence-corrected chi connectivity index (χ2v) is 5.43. The Morgan fingerprint density at radius 3 is 1.95 bits per heavy atom. The monoisotopic (exact) mass is 281 g/mol. The number of ether oxygens (including phenoxy) is 1. The van der Waals surface area contributed by atoms with Crippen LogP contribution in [0.3, 0.4) is 0 Å². The minimum absolute atomic E-state index is 0.373. The van der Waals surface area contributed by atoms with Crippen molar-refractivity contribution in [3.05, 3.63) is 12.2 Å². The van der Waals surface area contributed by atoms with Crippen molar-refractivity contribution in [1.82, 2.24) is 14.7 Å². The molecule has 6 nitrogen and oxygen atoms in total. The summed E-state index contributed by atoms with van der Waals surface area (Å²) in [4.78, 5) is 29.8. The molecule has 0 aromatic carbocycles. The minimum atomic E-state index is -0.387. The number of hydrogen-bond donors (Lipinski definition) is 0. The highest BCUT2D eigenvalue weighted by molar-refractivity contribution is 6.34. The Balaban J connectivity index is 1.81. The molecule has 2 amide bonds. The third kappa shape index (κ3) is 3.80. The average molecular weight is 281 g/mol. The van der Waals surface area contributed by atoms with Gasteiger partial charge in [-0.3, -0.25) is 14.5 Å². The largest absolute Gasteiger partial charge is 0.378 e. The van der Waals surface area contributed by atoms with Crippen LogP contribution in [-0.4, -0.2) is 85.5 Å². The van der Waals surface area contributed by atoms with Gasteiger partial charge < -0.3 is 14.5 Å². The van der Waals surface area contributed by atoms with E-state index in [1.165, 1.54) is 0 Å². The average Bonchev–Trinajstić information content (AvgIpc) is 2.47. The van der Waals surface area contributed by atoms with Crippen molar-refractivity contribution < 1.29 is 14.3 Å². The maximum atomic E-state index is 12.2. The van der Waals surface area contributed by atoms with E-state index in [0.717, 1.165) is 25.2 Å². The summed E-state index contributed by atoms with van der Waals surface area (Å²) in [7, 11) is 0. The summed E-state index contributed by atoms with van der Waals surface area (Å²) in [5.41, 5.74) is 1.12. The van der Waals surface area contributed by atoms with Crippen LogP contribution in [0, 0.1) is 0 Å². The molecule has 2 heterocycles. The first-order valence-electron chi connectivity index (χ1n) is 7.10. The van der Waals surface area contributed by atoms with Gasteiger partial charge in [0, 0.05) is 45.8 Å². The van der Waals surface area contributed by atoms with Crippen molar-refractivity contribution >= 4 is 11.8 Å². The lowest BCUT2D eigenvalue weighted by Gasteiger charge is -2.35. The molecule has 2 rings (SSSR count). The van der Waals surface area contributed by atoms with E-state index in [4.69, 9.17) is 4.74 Å². The lowest BCUT2D eigenvalue weighted by Crippen LogP contribution is -2.54. The number of carbonyl (C=O) groups excluding carboxylic acids is 2. The fraction of sp³-hybridized carbons (Fsp3) is 0.714. The number of morpholine rings is 1. The Morgan fingerprint density at radius 2 is 1.45 bits per heavy atom. The van der Waals surface area contributed by atoms with Crippen molar-refractivity contribution in [3.8, 4) is 0 Å². The molecule has 0 saturated carbocycles. The predicted octanol–water partition coefficient (Wildman–Crippen LogP) is -0.434. The SMILES string of the molecule is C=C(C)CN1CCN(C(=O)C(=O)N2CCOCC2)CC1. The normalized spacial score (nSPS) is 20.9. The zero-order chi connectivity index (χ0) is 14.5. The molecule has 0 atom stereocenters. The van der Waals surface area contributed by atoms with E-state index in [0.29, 0.717) is 39.4 Å². The van der Waals surface area contributed by atoms with Gasteiger partial charge >= 0.3 is 11.8 Å². The Bertz CT molecular complexity index is 383. The summed E-state index contributed by atoms with van der Waals surface area (Å²) in [5, 5.41) is 0. The molecule has 0 unspecified atom stereocenters. The molecule has 2 saturated heterocycles. The molecule has 0 aliphatic carbocycles. The number of carbonyl (C=O) groups is 2. The molecule has 2 fully saturated rings. The molecule has 0 aromatic heterocycles. The molecular formula is C14H23N3O3. The summed E-state index contributed by atoms with van der Waals surface area (Å²) in [6.07, 6.45) is 0. The summed E-state index contributed by atoms with van der Waals surface area (Å²) in [6.45, 7) is 11.7. The fourth-order valence-electron chi connectivity index (χ4n) is 2.53. The van der Waals surface area contributed by atoms with Gasteiger partial charge in [0.15, 0.2) is 0 Å². The molecule has 20 heavy (non-hydrogen) atoms. The maximum absolute atomic E-state index is 12.2. The first-order valence-corrected chi connectivity index (χ1v) is 7.10. The highest BCUT2D eigenvalue weighted by Crippen LogP contribution is 2.07. The minimum Gasteiger partial charge on any atom is -0.378 e. The summed E-state index contributed by atoms with van der Waals surface area (Å²) < 4.78 is 5.19. The van der Waals surface area contributed by atoms with Gasteiger partial charge in [-0.05, 0) is 6.92 Å². The van der Waals surface area contributed by atoms with Crippen LogP contribution in [0.15, 0.2) is 12.2 Å². The Hall–Kier alpha value is -1.40. The Morgan fingerprint density at radius 1 is 0.950 bits per heavy atom. The molecule has 0 bridgehead atoms. The van der Waals surface area contributed by atoms with Gasteiger partial charge in [-0.15, -0.1) is 0 Å². The van der Waals surface area contributed by atoms with Crippen LogP contribution >= 0.6 is 0 Å². The third-order valence-electron chi connectivity index (χ3n) is 3.63. The van der Waals surface area contributed by atoms with Crippen LogP contribution in [-0.2, 0) is 14.3 Å². The van der Waals surface area contributed by atoms with Crippen molar-refractivity contribution in [2.24, 2.45) is 0 Å². The van der Waals surface area contributed by atoms with E-state index in [1.54, 1.807) is 9.80 Å². The predicted molar refractivity (Wildman–Crippen MR) is 75.2 cm³/mol. The van der Waals surface area contributed by atoms with E-state index >= 15 is 0 Å². The van der Waals surface area contributed by atoms with Gasteiger partial charge in [-0.25, -0.2) is 0 Å². The topological polar surface area (TPSA) is 53.1 Å². The zero-order valence-electron chi connectivity index (χ0n) is 12.1. The van der Waals surface area contributed by atoms with Crippen molar-refractivity contribution in [3.63, 3.8) is 0 Å². The van der Waals surface area contributed by atoms with Crippen molar-refractivity contribution in [1.29, 1.82) is 0 Å². The summed E-state index contributed by atoms with van der Waals surface area (Å²) in [6, 6.07) is 0. The van der Waals surface area contributed by atoms with Gasteiger partial charge in [0.1, 0.15) is 0 Å². The van der Waals surface area contributed by atoms with Gasteiger partial charge in [-0.1, -0.05) is 12.2 Å². The zero-order valence-corrected chi connectivity index (χ0v) is 12.1. The summed E-state index contributed by atoms with van der Waals surface area (Å²) in [5.74, 6) is -0.761. The van der Waals surface area contributed by atoms with Crippen LogP contribution in [0.2, 0.25) is 0 Å². The number of nitrogens with zero attached hydrogens (tertiary/aromatic N) is 3. The van der Waals surface area contributed by atoms with Crippen LogP contribution in [0.4, 0.5) is 0 Å². The van der Waals surface area contributed by atoms with Gasteiger partial charge in [0.25, 0.3) is 0 Å². The first-order chi connectivity index (χ1) is 9.58. The lowest BCUT2D eigenvalue weighted by atomic mass is 10.2. The number of hydrogen-bond acceptors (Lipinski definition) is 4. The highest BCUT2D eigenvalue weighted by atomic mass is 16.5. The van der Waals surface area contributed by atoms with E-state index in [2.05, 4.69) is 11.5 Å². The van der Waals surface area contributed by atoms with Crippen LogP contribution < -0.4 is 0 Å². The molecule has 6 heteroatoms. The lowest BCUT2D eigenvalue weighted by molar-refractivity contribution is -0.155. The molecule has 0 N–H and O–H groups in total.